The van der Waals surface area contributed by atoms with E-state index >= 15 is 0 Å². The van der Waals surface area contributed by atoms with Crippen molar-refractivity contribution in [2.75, 3.05) is 40.2 Å². The molecule has 1 aliphatic rings. The number of halogens is 1. The van der Waals surface area contributed by atoms with Gasteiger partial charge in [-0.1, -0.05) is 12.1 Å². The molecule has 0 saturated carbocycles. The van der Waals surface area contributed by atoms with Crippen LogP contribution in [0.25, 0.3) is 0 Å². The number of methoxy groups -OCH3 is 2. The van der Waals surface area contributed by atoms with Gasteiger partial charge in [0.15, 0.2) is 5.96 Å². The van der Waals surface area contributed by atoms with Crippen molar-refractivity contribution in [3.8, 4) is 11.5 Å². The average Bonchev–Trinajstić information content (AvgIpc) is 3.35. The molecule has 1 unspecified atom stereocenters. The van der Waals surface area contributed by atoms with E-state index in [1.54, 1.807) is 21.3 Å². The van der Waals surface area contributed by atoms with Crippen molar-refractivity contribution in [2.24, 2.45) is 4.99 Å². The fourth-order valence-corrected chi connectivity index (χ4v) is 3.64. The molecule has 1 amide bonds. The number of nitrogens with zero attached hydrogens (tertiary/aromatic N) is 2. The summed E-state index contributed by atoms with van der Waals surface area (Å²) in [7, 11) is 7.00. The molecule has 8 nitrogen and oxygen atoms in total. The van der Waals surface area contributed by atoms with Crippen LogP contribution in [-0.2, 0) is 22.6 Å². The van der Waals surface area contributed by atoms with Crippen LogP contribution in [0.2, 0.25) is 0 Å². The lowest BCUT2D eigenvalue weighted by Crippen LogP contribution is -2.38. The molecule has 0 bridgehead atoms. The molecule has 1 saturated heterocycles. The number of ether oxygens (including phenoxy) is 3. The number of guanidine groups is 1. The summed E-state index contributed by atoms with van der Waals surface area (Å²) in [5.74, 6) is 2.18. The third kappa shape index (κ3) is 7.50. The molecular formula is C24H33IN4O4. The summed E-state index contributed by atoms with van der Waals surface area (Å²) in [5.41, 5.74) is 2.82. The quantitative estimate of drug-likeness (QED) is 0.288. The van der Waals surface area contributed by atoms with Crippen molar-refractivity contribution in [1.29, 1.82) is 0 Å². The van der Waals surface area contributed by atoms with E-state index in [0.29, 0.717) is 19.7 Å². The number of amides is 1. The van der Waals surface area contributed by atoms with E-state index in [4.69, 9.17) is 14.2 Å². The zero-order valence-corrected chi connectivity index (χ0v) is 21.9. The smallest absolute Gasteiger partial charge is 0.253 e. The van der Waals surface area contributed by atoms with Gasteiger partial charge in [0.25, 0.3) is 5.91 Å². The summed E-state index contributed by atoms with van der Waals surface area (Å²) >= 11 is 0. The van der Waals surface area contributed by atoms with Gasteiger partial charge < -0.3 is 29.7 Å². The maximum atomic E-state index is 12.3. The minimum atomic E-state index is -0.348. The highest BCUT2D eigenvalue weighted by molar-refractivity contribution is 14.0. The first-order valence-electron chi connectivity index (χ1n) is 10.7. The fourth-order valence-electron chi connectivity index (χ4n) is 3.64. The van der Waals surface area contributed by atoms with E-state index in [0.717, 1.165) is 47.1 Å². The Morgan fingerprint density at radius 2 is 2.03 bits per heavy atom. The second-order valence-electron chi connectivity index (χ2n) is 7.63. The van der Waals surface area contributed by atoms with Crippen LogP contribution in [0.4, 0.5) is 5.69 Å². The van der Waals surface area contributed by atoms with Crippen LogP contribution in [0.5, 0.6) is 11.5 Å². The summed E-state index contributed by atoms with van der Waals surface area (Å²) in [5, 5.41) is 6.32. The molecule has 33 heavy (non-hydrogen) atoms. The number of hydrogen-bond donors (Lipinski definition) is 2. The first-order valence-corrected chi connectivity index (χ1v) is 10.7. The highest BCUT2D eigenvalue weighted by Crippen LogP contribution is 2.25. The van der Waals surface area contributed by atoms with Crippen molar-refractivity contribution < 1.29 is 19.0 Å². The number of carbonyl (C=O) groups is 1. The molecule has 0 radical (unpaired) electrons. The predicted octanol–water partition coefficient (Wildman–Crippen LogP) is 3.65. The largest absolute Gasteiger partial charge is 0.497 e. The maximum Gasteiger partial charge on any atom is 0.253 e. The van der Waals surface area contributed by atoms with E-state index in [2.05, 4.69) is 15.6 Å². The number of hydrogen-bond acceptors (Lipinski definition) is 5. The number of rotatable bonds is 8. The Kier molecular flexibility index (Phi) is 10.7. The highest BCUT2D eigenvalue weighted by atomic mass is 127. The second-order valence-corrected chi connectivity index (χ2v) is 7.63. The summed E-state index contributed by atoms with van der Waals surface area (Å²) in [6.45, 7) is 1.84. The van der Waals surface area contributed by atoms with E-state index in [1.165, 1.54) is 0 Å². The lowest BCUT2D eigenvalue weighted by atomic mass is 10.1. The van der Waals surface area contributed by atoms with Gasteiger partial charge in [0.2, 0.25) is 0 Å². The van der Waals surface area contributed by atoms with E-state index < -0.39 is 0 Å². The monoisotopic (exact) mass is 568 g/mol. The Morgan fingerprint density at radius 1 is 1.21 bits per heavy atom. The van der Waals surface area contributed by atoms with Crippen LogP contribution in [0.3, 0.4) is 0 Å². The first-order chi connectivity index (χ1) is 15.5. The molecule has 180 valence electrons. The minimum Gasteiger partial charge on any atom is -0.497 e. The Hall–Kier alpha value is -2.53. The van der Waals surface area contributed by atoms with Gasteiger partial charge >= 0.3 is 0 Å². The standard InChI is InChI=1S/C24H32N4O4.HI/c1-25-24(28(2)16-18-10-11-20(30-3)14-22(18)31-4)26-15-17-7-5-8-19(13-17)27-23(29)21-9-6-12-32-21;/h5,7-8,10-11,13-14,21H,6,9,12,15-16H2,1-4H3,(H,25,26)(H,27,29);1H. The summed E-state index contributed by atoms with van der Waals surface area (Å²) in [4.78, 5) is 18.7. The number of carbonyl (C=O) groups excluding carboxylic acids is 1. The molecule has 1 atom stereocenters. The molecule has 1 heterocycles. The van der Waals surface area contributed by atoms with Crippen LogP contribution in [-0.4, -0.2) is 57.8 Å². The number of nitrogens with one attached hydrogen (secondary N) is 2. The molecule has 0 aromatic heterocycles. The van der Waals surface area contributed by atoms with Crippen LogP contribution in [0.15, 0.2) is 47.5 Å². The van der Waals surface area contributed by atoms with Crippen molar-refractivity contribution in [3.05, 3.63) is 53.6 Å². The number of aliphatic imine (C=N–C) groups is 1. The minimum absolute atomic E-state index is 0. The third-order valence-electron chi connectivity index (χ3n) is 5.34. The van der Waals surface area contributed by atoms with Gasteiger partial charge in [-0.15, -0.1) is 24.0 Å². The van der Waals surface area contributed by atoms with Crippen molar-refractivity contribution in [2.45, 2.75) is 32.0 Å². The molecule has 3 rings (SSSR count). The van der Waals surface area contributed by atoms with Gasteiger partial charge in [-0.05, 0) is 42.7 Å². The SMILES string of the molecule is CN=C(NCc1cccc(NC(=O)C2CCCO2)c1)N(C)Cc1ccc(OC)cc1OC.I. The fraction of sp³-hybridized carbons (Fsp3) is 0.417. The zero-order valence-electron chi connectivity index (χ0n) is 19.6. The van der Waals surface area contributed by atoms with Gasteiger partial charge in [0.05, 0.1) is 14.2 Å². The molecule has 2 aromatic carbocycles. The van der Waals surface area contributed by atoms with E-state index in [-0.39, 0.29) is 36.0 Å². The molecular weight excluding hydrogens is 535 g/mol. The van der Waals surface area contributed by atoms with Gasteiger partial charge in [0, 0.05) is 51.1 Å². The van der Waals surface area contributed by atoms with Crippen molar-refractivity contribution >= 4 is 41.5 Å². The molecule has 2 aromatic rings. The number of anilines is 1. The predicted molar refractivity (Wildman–Crippen MR) is 141 cm³/mol. The second kappa shape index (κ2) is 13.2. The summed E-state index contributed by atoms with van der Waals surface area (Å²) in [6.07, 6.45) is 1.35. The van der Waals surface area contributed by atoms with Crippen molar-refractivity contribution in [3.63, 3.8) is 0 Å². The zero-order chi connectivity index (χ0) is 22.9. The molecule has 2 N–H and O–H groups in total. The van der Waals surface area contributed by atoms with Gasteiger partial charge in [-0.25, -0.2) is 0 Å². The van der Waals surface area contributed by atoms with Crippen LogP contribution in [0, 0.1) is 0 Å². The molecule has 1 aliphatic heterocycles. The van der Waals surface area contributed by atoms with E-state index in [1.807, 2.05) is 54.4 Å². The molecule has 0 aliphatic carbocycles. The normalized spacial score (nSPS) is 15.4. The topological polar surface area (TPSA) is 84.4 Å². The first kappa shape index (κ1) is 26.7. The molecule has 9 heteroatoms. The third-order valence-corrected chi connectivity index (χ3v) is 5.34. The van der Waals surface area contributed by atoms with E-state index in [9.17, 15) is 4.79 Å². The lowest BCUT2D eigenvalue weighted by molar-refractivity contribution is -0.124. The van der Waals surface area contributed by atoms with Crippen LogP contribution in [0.1, 0.15) is 24.0 Å². The van der Waals surface area contributed by atoms with Crippen molar-refractivity contribution in [1.82, 2.24) is 10.2 Å². The average molecular weight is 568 g/mol. The van der Waals surface area contributed by atoms with Gasteiger partial charge in [-0.2, -0.15) is 0 Å². The lowest BCUT2D eigenvalue weighted by Gasteiger charge is -2.23. The Morgan fingerprint density at radius 3 is 2.70 bits per heavy atom. The van der Waals surface area contributed by atoms with Gasteiger partial charge in [-0.3, -0.25) is 9.79 Å². The Labute approximate surface area is 212 Å². The summed E-state index contributed by atoms with van der Waals surface area (Å²) in [6, 6.07) is 13.5. The number of benzene rings is 2. The highest BCUT2D eigenvalue weighted by Gasteiger charge is 2.23. The summed E-state index contributed by atoms with van der Waals surface area (Å²) < 4.78 is 16.2. The van der Waals surface area contributed by atoms with Crippen LogP contribution >= 0.6 is 24.0 Å². The molecule has 0 spiro atoms. The Bertz CT molecular complexity index is 948. The molecule has 1 fully saturated rings. The maximum absolute atomic E-state index is 12.3. The van der Waals surface area contributed by atoms with Crippen LogP contribution < -0.4 is 20.1 Å². The van der Waals surface area contributed by atoms with Gasteiger partial charge in [0.1, 0.15) is 17.6 Å². The Balaban J connectivity index is 0.00000385.